The summed E-state index contributed by atoms with van der Waals surface area (Å²) in [7, 11) is -4.57. The molecule has 15 heteroatoms. The number of nitrogen functional groups attached to an aromatic ring is 1. The lowest BCUT2D eigenvalue weighted by molar-refractivity contribution is -0.0511. The van der Waals surface area contributed by atoms with Crippen LogP contribution in [-0.4, -0.2) is 75.8 Å². The predicted molar refractivity (Wildman–Crippen MR) is 120 cm³/mol. The molecule has 1 saturated heterocycles. The lowest BCUT2D eigenvalue weighted by Gasteiger charge is -2.43. The van der Waals surface area contributed by atoms with Crippen LogP contribution in [0.15, 0.2) is 11.1 Å². The normalized spacial score (nSPS) is 25.2. The fourth-order valence-corrected chi connectivity index (χ4v) is 6.42. The molecule has 6 N–H and O–H groups in total. The topological polar surface area (TPSA) is 213 Å². The minimum absolute atomic E-state index is 0.0243. The van der Waals surface area contributed by atoms with Crippen molar-refractivity contribution in [2.24, 2.45) is 0 Å². The second-order valence-electron chi connectivity index (χ2n) is 8.98. The quantitative estimate of drug-likeness (QED) is 0.293. The van der Waals surface area contributed by atoms with Gasteiger partial charge >= 0.3 is 7.75 Å². The van der Waals surface area contributed by atoms with E-state index in [4.69, 9.17) is 20.3 Å². The first kappa shape index (κ1) is 26.2. The molecule has 3 rings (SSSR count). The van der Waals surface area contributed by atoms with Crippen molar-refractivity contribution in [3.05, 3.63) is 16.7 Å². The van der Waals surface area contributed by atoms with Crippen molar-refractivity contribution < 1.29 is 28.9 Å². The van der Waals surface area contributed by atoms with E-state index in [0.29, 0.717) is 6.42 Å². The summed E-state index contributed by atoms with van der Waals surface area (Å²) in [5.41, 5.74) is 4.11. The van der Waals surface area contributed by atoms with Crippen molar-refractivity contribution in [1.29, 1.82) is 5.26 Å². The molecule has 0 aromatic carbocycles. The van der Waals surface area contributed by atoms with Crippen molar-refractivity contribution in [3.63, 3.8) is 0 Å². The average Bonchev–Trinajstić information content (AvgIpc) is 3.26. The second kappa shape index (κ2) is 9.71. The Labute approximate surface area is 195 Å². The van der Waals surface area contributed by atoms with E-state index in [9.17, 15) is 24.5 Å². The van der Waals surface area contributed by atoms with Gasteiger partial charge in [0.1, 0.15) is 18.3 Å². The van der Waals surface area contributed by atoms with Crippen molar-refractivity contribution in [3.8, 4) is 6.07 Å². The molecule has 1 unspecified atom stereocenters. The number of aliphatic hydroxyl groups excluding tert-OH is 2. The van der Waals surface area contributed by atoms with E-state index >= 15 is 0 Å². The number of aromatic nitrogens is 4. The Hall–Kier alpha value is -2.37. The number of imidazole rings is 1. The highest BCUT2D eigenvalue weighted by molar-refractivity contribution is 7.50. The van der Waals surface area contributed by atoms with Crippen LogP contribution in [0.4, 0.5) is 5.95 Å². The summed E-state index contributed by atoms with van der Waals surface area (Å²) in [6.45, 7) is 6.23. The van der Waals surface area contributed by atoms with E-state index in [1.165, 1.54) is 15.6 Å². The van der Waals surface area contributed by atoms with Gasteiger partial charge in [-0.2, -0.15) is 10.2 Å². The molecule has 14 nitrogen and oxygen atoms in total. The van der Waals surface area contributed by atoms with Crippen LogP contribution in [0.1, 0.15) is 46.8 Å². The highest BCUT2D eigenvalue weighted by Gasteiger charge is 2.52. The SMILES string of the molecule is CC(C)N(C(C)(C)CCC#N)P(=O)(O)O[C@H]1[C@@H](O)[C@H](n2cnc3c(=O)[nH]c(N)nc32)O[C@@H]1CO. The third kappa shape index (κ3) is 4.87. The van der Waals surface area contributed by atoms with Crippen molar-refractivity contribution >= 4 is 24.9 Å². The first-order chi connectivity index (χ1) is 15.8. The van der Waals surface area contributed by atoms with Gasteiger partial charge in [0.05, 0.1) is 19.0 Å². The summed E-state index contributed by atoms with van der Waals surface area (Å²) in [5.74, 6) is -0.176. The standard InChI is InChI=1S/C19H30N7O7P/c1-10(2)26(19(3,4)6-5-7-20)34(30,31)33-14-11(8-27)32-17(13(14)28)25-9-22-12-15(25)23-18(21)24-16(12)29/h9-11,13-14,17,27-28H,5-6,8H2,1-4H3,(H,30,31)(H3,21,23,24,29)/t11-,13-,14-,17-/m1/s1. The van der Waals surface area contributed by atoms with Crippen LogP contribution in [-0.2, 0) is 13.8 Å². The summed E-state index contributed by atoms with van der Waals surface area (Å²) in [5, 5.41) is 29.8. The van der Waals surface area contributed by atoms with E-state index in [2.05, 4.69) is 15.0 Å². The molecule has 0 amide bonds. The smallest absolute Gasteiger partial charge is 0.394 e. The Morgan fingerprint density at radius 2 is 2.18 bits per heavy atom. The van der Waals surface area contributed by atoms with Crippen LogP contribution in [0, 0.1) is 11.3 Å². The lowest BCUT2D eigenvalue weighted by Crippen LogP contribution is -2.47. The number of fused-ring (bicyclic) bond motifs is 1. The number of nitrogens with zero attached hydrogens (tertiary/aromatic N) is 5. The first-order valence-corrected chi connectivity index (χ1v) is 12.2. The number of aliphatic hydroxyl groups is 2. The number of H-pyrrole nitrogens is 1. The van der Waals surface area contributed by atoms with E-state index in [1.54, 1.807) is 27.7 Å². The first-order valence-electron chi connectivity index (χ1n) is 10.7. The predicted octanol–water partition coefficient (Wildman–Crippen LogP) is 0.231. The van der Waals surface area contributed by atoms with E-state index in [-0.39, 0.29) is 23.5 Å². The molecule has 34 heavy (non-hydrogen) atoms. The number of aromatic amines is 1. The number of rotatable bonds is 9. The zero-order valence-electron chi connectivity index (χ0n) is 19.3. The zero-order chi connectivity index (χ0) is 25.4. The summed E-state index contributed by atoms with van der Waals surface area (Å²) >= 11 is 0. The second-order valence-corrected chi connectivity index (χ2v) is 10.6. The van der Waals surface area contributed by atoms with Crippen LogP contribution >= 0.6 is 7.75 Å². The molecule has 188 valence electrons. The van der Waals surface area contributed by atoms with Crippen LogP contribution in [0.2, 0.25) is 0 Å². The van der Waals surface area contributed by atoms with Gasteiger partial charge in [0, 0.05) is 18.0 Å². The highest BCUT2D eigenvalue weighted by atomic mass is 31.2. The fraction of sp³-hybridized carbons (Fsp3) is 0.684. The maximum absolute atomic E-state index is 13.5. The Balaban J connectivity index is 1.93. The molecule has 5 atom stereocenters. The molecule has 1 fully saturated rings. The van der Waals surface area contributed by atoms with Crippen LogP contribution in [0.25, 0.3) is 11.2 Å². The molecule has 2 aromatic rings. The average molecular weight is 499 g/mol. The molecule has 0 saturated carbocycles. The molecule has 0 radical (unpaired) electrons. The Bertz CT molecular complexity index is 1170. The molecule has 1 aliphatic heterocycles. The number of nitrogens with one attached hydrogen (secondary N) is 1. The number of ether oxygens (including phenoxy) is 1. The van der Waals surface area contributed by atoms with Gasteiger partial charge in [0.15, 0.2) is 17.4 Å². The molecule has 0 aliphatic carbocycles. The molecular weight excluding hydrogens is 469 g/mol. The zero-order valence-corrected chi connectivity index (χ0v) is 20.2. The number of hydrogen-bond donors (Lipinski definition) is 5. The largest absolute Gasteiger partial charge is 0.406 e. The Kier molecular flexibility index (Phi) is 7.49. The van der Waals surface area contributed by atoms with Gasteiger partial charge in [-0.1, -0.05) is 0 Å². The number of hydrogen-bond acceptors (Lipinski definition) is 10. The highest BCUT2D eigenvalue weighted by Crippen LogP contribution is 2.55. The minimum atomic E-state index is -4.57. The van der Waals surface area contributed by atoms with Gasteiger partial charge in [-0.25, -0.2) is 14.2 Å². The number of nitrogens with two attached hydrogens (primary N) is 1. The van der Waals surface area contributed by atoms with Crippen molar-refractivity contribution in [2.75, 3.05) is 12.3 Å². The summed E-state index contributed by atoms with van der Waals surface area (Å²) in [6, 6.07) is 1.57. The fourth-order valence-electron chi connectivity index (χ4n) is 4.37. The van der Waals surface area contributed by atoms with Gasteiger partial charge in [-0.3, -0.25) is 18.9 Å². The number of nitriles is 1. The van der Waals surface area contributed by atoms with Crippen LogP contribution < -0.4 is 11.3 Å². The third-order valence-electron chi connectivity index (χ3n) is 5.70. The van der Waals surface area contributed by atoms with Crippen LogP contribution in [0.5, 0.6) is 0 Å². The summed E-state index contributed by atoms with van der Waals surface area (Å²) < 4.78 is 27.2. The molecule has 0 bridgehead atoms. The third-order valence-corrected chi connectivity index (χ3v) is 7.77. The van der Waals surface area contributed by atoms with E-state index in [0.717, 1.165) is 0 Å². The lowest BCUT2D eigenvalue weighted by atomic mass is 9.98. The monoisotopic (exact) mass is 499 g/mol. The molecule has 1 aliphatic rings. The van der Waals surface area contributed by atoms with E-state index < -0.39 is 56.0 Å². The number of anilines is 1. The van der Waals surface area contributed by atoms with Crippen molar-refractivity contribution in [2.45, 2.75) is 76.7 Å². The van der Waals surface area contributed by atoms with Gasteiger partial charge in [-0.15, -0.1) is 0 Å². The molecule has 3 heterocycles. The van der Waals surface area contributed by atoms with Crippen molar-refractivity contribution in [1.82, 2.24) is 24.2 Å². The van der Waals surface area contributed by atoms with Crippen LogP contribution in [0.3, 0.4) is 0 Å². The Morgan fingerprint density at radius 3 is 2.76 bits per heavy atom. The maximum atomic E-state index is 13.5. The molecule has 2 aromatic heterocycles. The minimum Gasteiger partial charge on any atom is -0.394 e. The van der Waals surface area contributed by atoms with Gasteiger partial charge in [0.2, 0.25) is 5.95 Å². The van der Waals surface area contributed by atoms with E-state index in [1.807, 2.05) is 6.07 Å². The molecule has 0 spiro atoms. The summed E-state index contributed by atoms with van der Waals surface area (Å²) in [4.78, 5) is 33.3. The van der Waals surface area contributed by atoms with Gasteiger partial charge < -0.3 is 25.6 Å². The maximum Gasteiger partial charge on any atom is 0.406 e. The molecular formula is C19H30N7O7P. The Morgan fingerprint density at radius 1 is 1.50 bits per heavy atom. The van der Waals surface area contributed by atoms with Gasteiger partial charge in [-0.05, 0) is 34.1 Å². The van der Waals surface area contributed by atoms with Gasteiger partial charge in [0.25, 0.3) is 5.56 Å². The summed E-state index contributed by atoms with van der Waals surface area (Å²) in [6.07, 6.45) is -3.68.